The van der Waals surface area contributed by atoms with Gasteiger partial charge in [-0.3, -0.25) is 14.7 Å². The summed E-state index contributed by atoms with van der Waals surface area (Å²) in [5.74, 6) is 0.692. The van der Waals surface area contributed by atoms with Crippen molar-refractivity contribution in [1.29, 1.82) is 0 Å². The number of pyridine rings is 1. The summed E-state index contributed by atoms with van der Waals surface area (Å²) in [6.07, 6.45) is 3.21. The second kappa shape index (κ2) is 6.58. The summed E-state index contributed by atoms with van der Waals surface area (Å²) >= 11 is 1.43. The van der Waals surface area contributed by atoms with E-state index in [9.17, 15) is 4.79 Å². The van der Waals surface area contributed by atoms with Crippen LogP contribution in [0.1, 0.15) is 10.4 Å². The summed E-state index contributed by atoms with van der Waals surface area (Å²) < 4.78 is 5.15. The molecular weight excluding hydrogens is 310 g/mol. The Morgan fingerprint density at radius 3 is 2.48 bits per heavy atom. The van der Waals surface area contributed by atoms with Crippen LogP contribution in [0.15, 0.2) is 54.2 Å². The summed E-state index contributed by atoms with van der Waals surface area (Å²) in [6, 6.07) is 11.1. The molecular formula is C17H15N3O2S. The van der Waals surface area contributed by atoms with E-state index in [1.165, 1.54) is 11.3 Å². The summed E-state index contributed by atoms with van der Waals surface area (Å²) in [5.41, 5.74) is 2.41. The van der Waals surface area contributed by atoms with Crippen molar-refractivity contribution in [3.05, 3.63) is 59.7 Å². The molecule has 0 fully saturated rings. The highest BCUT2D eigenvalue weighted by atomic mass is 32.1. The van der Waals surface area contributed by atoms with Crippen molar-refractivity contribution in [3.8, 4) is 17.0 Å². The third-order valence-electron chi connectivity index (χ3n) is 3.40. The first-order valence-electron chi connectivity index (χ1n) is 6.97. The number of ether oxygens (including phenoxy) is 1. The largest absolute Gasteiger partial charge is 0.497 e. The van der Waals surface area contributed by atoms with E-state index in [0.717, 1.165) is 17.0 Å². The predicted molar refractivity (Wildman–Crippen MR) is 91.1 cm³/mol. The van der Waals surface area contributed by atoms with Gasteiger partial charge in [-0.1, -0.05) is 0 Å². The van der Waals surface area contributed by atoms with Crippen LogP contribution in [-0.4, -0.2) is 30.0 Å². The number of anilines is 1. The number of carbonyl (C=O) groups excluding carboxylic acids is 1. The molecule has 2 heterocycles. The molecule has 3 rings (SSSR count). The fraction of sp³-hybridized carbons (Fsp3) is 0.118. The Hall–Kier alpha value is -2.73. The number of thiazole rings is 1. The van der Waals surface area contributed by atoms with Gasteiger partial charge in [-0.2, -0.15) is 0 Å². The highest BCUT2D eigenvalue weighted by Gasteiger charge is 2.16. The van der Waals surface area contributed by atoms with E-state index in [0.29, 0.717) is 10.7 Å². The Morgan fingerprint density at radius 2 is 1.83 bits per heavy atom. The molecule has 0 aliphatic heterocycles. The average Bonchev–Trinajstić information content (AvgIpc) is 3.11. The number of hydrogen-bond acceptors (Lipinski definition) is 5. The Morgan fingerprint density at radius 1 is 1.13 bits per heavy atom. The van der Waals surface area contributed by atoms with Gasteiger partial charge in [0.2, 0.25) is 0 Å². The van der Waals surface area contributed by atoms with Gasteiger partial charge in [0, 0.05) is 35.9 Å². The maximum Gasteiger partial charge on any atom is 0.259 e. The maximum atomic E-state index is 12.4. The lowest BCUT2D eigenvalue weighted by molar-refractivity contribution is 0.0993. The molecule has 0 radical (unpaired) electrons. The van der Waals surface area contributed by atoms with Gasteiger partial charge in [-0.15, -0.1) is 11.3 Å². The number of aromatic nitrogens is 2. The molecule has 1 amide bonds. The summed E-state index contributed by atoms with van der Waals surface area (Å²) in [6.45, 7) is 0. The second-order valence-electron chi connectivity index (χ2n) is 4.84. The smallest absolute Gasteiger partial charge is 0.259 e. The molecule has 0 N–H and O–H groups in total. The van der Waals surface area contributed by atoms with Gasteiger partial charge in [0.25, 0.3) is 5.91 Å². The normalized spacial score (nSPS) is 10.3. The van der Waals surface area contributed by atoms with Crippen LogP contribution in [0, 0.1) is 0 Å². The standard InChI is InChI=1S/C17H15N3O2S/c1-20(16(21)13-7-9-18-10-8-13)17-19-15(11-23-17)12-3-5-14(22-2)6-4-12/h3-11H,1-2H3. The van der Waals surface area contributed by atoms with Crippen LogP contribution < -0.4 is 9.64 Å². The van der Waals surface area contributed by atoms with Crippen molar-refractivity contribution >= 4 is 22.4 Å². The Bertz CT molecular complexity index is 800. The van der Waals surface area contributed by atoms with Gasteiger partial charge < -0.3 is 4.74 Å². The third kappa shape index (κ3) is 3.22. The molecule has 5 nitrogen and oxygen atoms in total. The van der Waals surface area contributed by atoms with Crippen LogP contribution >= 0.6 is 11.3 Å². The molecule has 0 unspecified atom stereocenters. The molecule has 0 aliphatic carbocycles. The van der Waals surface area contributed by atoms with E-state index in [4.69, 9.17) is 4.74 Å². The molecule has 0 spiro atoms. The van der Waals surface area contributed by atoms with E-state index < -0.39 is 0 Å². The Balaban J connectivity index is 1.82. The molecule has 2 aromatic heterocycles. The van der Waals surface area contributed by atoms with Gasteiger partial charge in [0.1, 0.15) is 5.75 Å². The van der Waals surface area contributed by atoms with Gasteiger partial charge >= 0.3 is 0 Å². The zero-order valence-electron chi connectivity index (χ0n) is 12.8. The minimum atomic E-state index is -0.108. The van der Waals surface area contributed by atoms with Gasteiger partial charge in [0.05, 0.1) is 12.8 Å². The molecule has 0 saturated carbocycles. The van der Waals surface area contributed by atoms with Crippen molar-refractivity contribution in [2.75, 3.05) is 19.1 Å². The first-order chi connectivity index (χ1) is 11.2. The van der Waals surface area contributed by atoms with E-state index >= 15 is 0 Å². The fourth-order valence-electron chi connectivity index (χ4n) is 2.09. The van der Waals surface area contributed by atoms with Crippen LogP contribution in [-0.2, 0) is 0 Å². The molecule has 0 aliphatic rings. The second-order valence-corrected chi connectivity index (χ2v) is 5.68. The minimum absolute atomic E-state index is 0.108. The van der Waals surface area contributed by atoms with Crippen molar-refractivity contribution < 1.29 is 9.53 Å². The van der Waals surface area contributed by atoms with Crippen LogP contribution in [0.4, 0.5) is 5.13 Å². The number of rotatable bonds is 4. The minimum Gasteiger partial charge on any atom is -0.497 e. The lowest BCUT2D eigenvalue weighted by Crippen LogP contribution is -2.26. The third-order valence-corrected chi connectivity index (χ3v) is 4.31. The van der Waals surface area contributed by atoms with Crippen molar-refractivity contribution in [2.24, 2.45) is 0 Å². The van der Waals surface area contributed by atoms with Gasteiger partial charge in [0.15, 0.2) is 5.13 Å². The number of carbonyl (C=O) groups is 1. The van der Waals surface area contributed by atoms with Crippen LogP contribution in [0.5, 0.6) is 5.75 Å². The number of amides is 1. The topological polar surface area (TPSA) is 55.3 Å². The highest BCUT2D eigenvalue weighted by molar-refractivity contribution is 7.14. The summed E-state index contributed by atoms with van der Waals surface area (Å²) in [7, 11) is 3.36. The molecule has 3 aromatic rings. The first-order valence-corrected chi connectivity index (χ1v) is 7.85. The molecule has 0 bridgehead atoms. The molecule has 0 saturated heterocycles. The maximum absolute atomic E-state index is 12.4. The summed E-state index contributed by atoms with van der Waals surface area (Å²) in [5, 5.41) is 2.59. The molecule has 0 atom stereocenters. The van der Waals surface area contributed by atoms with Crippen LogP contribution in [0.2, 0.25) is 0 Å². The summed E-state index contributed by atoms with van der Waals surface area (Å²) in [4.78, 5) is 22.4. The zero-order valence-corrected chi connectivity index (χ0v) is 13.6. The van der Waals surface area contributed by atoms with Crippen LogP contribution in [0.3, 0.4) is 0 Å². The molecule has 6 heteroatoms. The Kier molecular flexibility index (Phi) is 4.34. The number of methoxy groups -OCH3 is 1. The Labute approximate surface area is 138 Å². The van der Waals surface area contributed by atoms with E-state index in [1.54, 1.807) is 43.6 Å². The van der Waals surface area contributed by atoms with Crippen molar-refractivity contribution in [1.82, 2.24) is 9.97 Å². The molecule has 116 valence electrons. The quantitative estimate of drug-likeness (QED) is 0.737. The molecule has 23 heavy (non-hydrogen) atoms. The lowest BCUT2D eigenvalue weighted by Gasteiger charge is -2.13. The van der Waals surface area contributed by atoms with Crippen molar-refractivity contribution in [2.45, 2.75) is 0 Å². The monoisotopic (exact) mass is 325 g/mol. The first kappa shape index (κ1) is 15.2. The number of nitrogens with zero attached hydrogens (tertiary/aromatic N) is 3. The highest BCUT2D eigenvalue weighted by Crippen LogP contribution is 2.28. The average molecular weight is 325 g/mol. The zero-order chi connectivity index (χ0) is 16.2. The van der Waals surface area contributed by atoms with Crippen LogP contribution in [0.25, 0.3) is 11.3 Å². The predicted octanol–water partition coefficient (Wildman–Crippen LogP) is 3.49. The van der Waals surface area contributed by atoms with E-state index in [2.05, 4.69) is 9.97 Å². The van der Waals surface area contributed by atoms with E-state index in [-0.39, 0.29) is 5.91 Å². The number of hydrogen-bond donors (Lipinski definition) is 0. The van der Waals surface area contributed by atoms with Crippen molar-refractivity contribution in [3.63, 3.8) is 0 Å². The SMILES string of the molecule is COc1ccc(-c2csc(N(C)C(=O)c3ccncc3)n2)cc1. The lowest BCUT2D eigenvalue weighted by atomic mass is 10.2. The fourth-order valence-corrected chi connectivity index (χ4v) is 2.89. The van der Waals surface area contributed by atoms with E-state index in [1.807, 2.05) is 29.6 Å². The van der Waals surface area contributed by atoms with Gasteiger partial charge in [-0.25, -0.2) is 4.98 Å². The molecule has 1 aromatic carbocycles. The number of benzene rings is 1. The van der Waals surface area contributed by atoms with Gasteiger partial charge in [-0.05, 0) is 36.4 Å².